The first-order valence-corrected chi connectivity index (χ1v) is 7.84. The minimum atomic E-state index is -0.436. The summed E-state index contributed by atoms with van der Waals surface area (Å²) in [5, 5.41) is 0. The zero-order valence-electron chi connectivity index (χ0n) is 13.4. The summed E-state index contributed by atoms with van der Waals surface area (Å²) in [4.78, 5) is 23.7. The van der Waals surface area contributed by atoms with Crippen LogP contribution >= 0.6 is 0 Å². The minimum Gasteiger partial charge on any atom is -0.484 e. The molecule has 0 saturated heterocycles. The molecule has 124 valence electrons. The summed E-state index contributed by atoms with van der Waals surface area (Å²) in [7, 11) is 0. The third kappa shape index (κ3) is 3.56. The van der Waals surface area contributed by atoms with Crippen LogP contribution < -0.4 is 9.47 Å². The van der Waals surface area contributed by atoms with Crippen LogP contribution in [0.15, 0.2) is 48.5 Å². The number of ether oxygens (including phenoxy) is 3. The number of rotatable bonds is 5. The molecule has 1 aliphatic heterocycles. The first kappa shape index (κ1) is 16.1. The van der Waals surface area contributed by atoms with Gasteiger partial charge in [0.15, 0.2) is 12.4 Å². The SMILES string of the molecule is CCOC(=O)COc1ccc2c(c1)OC(c1ccccc1)CC2=O. The van der Waals surface area contributed by atoms with E-state index in [1.807, 2.05) is 30.3 Å². The van der Waals surface area contributed by atoms with Crippen LogP contribution in [0.25, 0.3) is 0 Å². The summed E-state index contributed by atoms with van der Waals surface area (Å²) in [6.45, 7) is 1.87. The Morgan fingerprint density at radius 3 is 2.75 bits per heavy atom. The number of Topliss-reactive ketones (excluding diaryl/α,β-unsaturated/α-hetero) is 1. The first-order valence-electron chi connectivity index (χ1n) is 7.84. The number of carbonyl (C=O) groups is 2. The zero-order chi connectivity index (χ0) is 16.9. The Morgan fingerprint density at radius 1 is 1.21 bits per heavy atom. The number of carbonyl (C=O) groups excluding carboxylic acids is 2. The molecule has 1 atom stereocenters. The molecule has 1 aliphatic rings. The third-order valence-electron chi connectivity index (χ3n) is 3.73. The topological polar surface area (TPSA) is 61.8 Å². The van der Waals surface area contributed by atoms with Crippen LogP contribution in [0.1, 0.15) is 35.4 Å². The molecule has 2 aromatic rings. The molecule has 5 nitrogen and oxygen atoms in total. The monoisotopic (exact) mass is 326 g/mol. The van der Waals surface area contributed by atoms with Crippen molar-refractivity contribution in [2.24, 2.45) is 0 Å². The van der Waals surface area contributed by atoms with Crippen LogP contribution in [0.3, 0.4) is 0 Å². The first-order chi connectivity index (χ1) is 11.7. The Balaban J connectivity index is 1.76. The molecule has 0 aliphatic carbocycles. The average molecular weight is 326 g/mol. The highest BCUT2D eigenvalue weighted by Crippen LogP contribution is 2.36. The number of ketones is 1. The number of esters is 1. The summed E-state index contributed by atoms with van der Waals surface area (Å²) in [5.74, 6) is 0.529. The smallest absolute Gasteiger partial charge is 0.344 e. The van der Waals surface area contributed by atoms with Gasteiger partial charge in [0.2, 0.25) is 0 Å². The molecular weight excluding hydrogens is 308 g/mol. The molecule has 0 radical (unpaired) electrons. The van der Waals surface area contributed by atoms with Crippen molar-refractivity contribution in [2.45, 2.75) is 19.4 Å². The summed E-state index contributed by atoms with van der Waals surface area (Å²) in [6.07, 6.45) is -0.00782. The molecule has 1 unspecified atom stereocenters. The average Bonchev–Trinajstić information content (AvgIpc) is 2.60. The summed E-state index contributed by atoms with van der Waals surface area (Å²) in [6, 6.07) is 14.6. The normalized spacial score (nSPS) is 16.0. The maximum absolute atomic E-state index is 12.3. The van der Waals surface area contributed by atoms with Gasteiger partial charge in [0, 0.05) is 6.07 Å². The van der Waals surface area contributed by atoms with Crippen molar-refractivity contribution in [3.8, 4) is 11.5 Å². The number of hydrogen-bond donors (Lipinski definition) is 0. The molecule has 0 N–H and O–H groups in total. The molecule has 0 spiro atoms. The van der Waals surface area contributed by atoms with Gasteiger partial charge in [-0.2, -0.15) is 0 Å². The fourth-order valence-electron chi connectivity index (χ4n) is 2.59. The van der Waals surface area contributed by atoms with Crippen LogP contribution in [-0.4, -0.2) is 25.0 Å². The van der Waals surface area contributed by atoms with Crippen molar-refractivity contribution in [3.63, 3.8) is 0 Å². The molecule has 24 heavy (non-hydrogen) atoms. The van der Waals surface area contributed by atoms with Gasteiger partial charge in [-0.3, -0.25) is 4.79 Å². The second kappa shape index (κ2) is 7.17. The van der Waals surface area contributed by atoms with E-state index in [-0.39, 0.29) is 18.5 Å². The highest BCUT2D eigenvalue weighted by molar-refractivity contribution is 6.00. The van der Waals surface area contributed by atoms with Crippen LogP contribution in [0.2, 0.25) is 0 Å². The van der Waals surface area contributed by atoms with E-state index in [9.17, 15) is 9.59 Å². The van der Waals surface area contributed by atoms with Crippen LogP contribution in [0.4, 0.5) is 0 Å². The van der Waals surface area contributed by atoms with E-state index < -0.39 is 5.97 Å². The highest BCUT2D eigenvalue weighted by atomic mass is 16.6. The van der Waals surface area contributed by atoms with E-state index in [1.165, 1.54) is 0 Å². The number of benzene rings is 2. The van der Waals surface area contributed by atoms with Crippen molar-refractivity contribution in [1.29, 1.82) is 0 Å². The Kier molecular flexibility index (Phi) is 4.79. The lowest BCUT2D eigenvalue weighted by atomic mass is 9.96. The Labute approximate surface area is 140 Å². The second-order valence-corrected chi connectivity index (χ2v) is 5.40. The zero-order valence-corrected chi connectivity index (χ0v) is 13.4. The van der Waals surface area contributed by atoms with Crippen LogP contribution in [0.5, 0.6) is 11.5 Å². The number of hydrogen-bond acceptors (Lipinski definition) is 5. The van der Waals surface area contributed by atoms with E-state index in [4.69, 9.17) is 14.2 Å². The minimum absolute atomic E-state index is 0.0297. The van der Waals surface area contributed by atoms with Gasteiger partial charge in [-0.15, -0.1) is 0 Å². The lowest BCUT2D eigenvalue weighted by Gasteiger charge is -2.25. The van der Waals surface area contributed by atoms with Crippen molar-refractivity contribution in [1.82, 2.24) is 0 Å². The summed E-state index contributed by atoms with van der Waals surface area (Å²) >= 11 is 0. The van der Waals surface area contributed by atoms with Gasteiger partial charge in [0.05, 0.1) is 18.6 Å². The van der Waals surface area contributed by atoms with Crippen molar-refractivity contribution in [3.05, 3.63) is 59.7 Å². The van der Waals surface area contributed by atoms with Gasteiger partial charge in [-0.1, -0.05) is 30.3 Å². The lowest BCUT2D eigenvalue weighted by molar-refractivity contribution is -0.145. The lowest BCUT2D eigenvalue weighted by Crippen LogP contribution is -2.20. The standard InChI is InChI=1S/C19H18O5/c1-2-22-19(21)12-23-14-8-9-15-16(20)11-17(24-18(15)10-14)13-6-4-3-5-7-13/h3-10,17H,2,11-12H2,1H3. The van der Waals surface area contributed by atoms with E-state index in [0.717, 1.165) is 5.56 Å². The van der Waals surface area contributed by atoms with Gasteiger partial charge >= 0.3 is 5.97 Å². The second-order valence-electron chi connectivity index (χ2n) is 5.40. The Bertz CT molecular complexity index is 739. The van der Waals surface area contributed by atoms with Crippen molar-refractivity contribution in [2.75, 3.05) is 13.2 Å². The Hall–Kier alpha value is -2.82. The molecule has 3 rings (SSSR count). The number of fused-ring (bicyclic) bond motifs is 1. The maximum Gasteiger partial charge on any atom is 0.344 e. The molecule has 0 bridgehead atoms. The molecule has 0 amide bonds. The van der Waals surface area contributed by atoms with Gasteiger partial charge in [-0.25, -0.2) is 4.79 Å². The van der Waals surface area contributed by atoms with Gasteiger partial charge in [-0.05, 0) is 24.6 Å². The molecule has 0 saturated carbocycles. The molecule has 0 aromatic heterocycles. The van der Waals surface area contributed by atoms with E-state index in [2.05, 4.69) is 0 Å². The van der Waals surface area contributed by atoms with Gasteiger partial charge < -0.3 is 14.2 Å². The summed E-state index contributed by atoms with van der Waals surface area (Å²) in [5.41, 5.74) is 1.49. The van der Waals surface area contributed by atoms with Gasteiger partial charge in [0.25, 0.3) is 0 Å². The van der Waals surface area contributed by atoms with Crippen molar-refractivity contribution < 1.29 is 23.8 Å². The fraction of sp³-hybridized carbons (Fsp3) is 0.263. The largest absolute Gasteiger partial charge is 0.484 e. The van der Waals surface area contributed by atoms with Gasteiger partial charge in [0.1, 0.15) is 17.6 Å². The predicted molar refractivity (Wildman–Crippen MR) is 87.3 cm³/mol. The molecule has 0 fully saturated rings. The Morgan fingerprint density at radius 2 is 2.00 bits per heavy atom. The van der Waals surface area contributed by atoms with Crippen molar-refractivity contribution >= 4 is 11.8 Å². The maximum atomic E-state index is 12.3. The molecule has 1 heterocycles. The molecule has 2 aromatic carbocycles. The summed E-state index contributed by atoms with van der Waals surface area (Å²) < 4.78 is 16.2. The molecular formula is C19H18O5. The van der Waals surface area contributed by atoms with Crippen LogP contribution in [0, 0.1) is 0 Å². The highest BCUT2D eigenvalue weighted by Gasteiger charge is 2.27. The van der Waals surface area contributed by atoms with E-state index in [0.29, 0.717) is 30.1 Å². The fourth-order valence-corrected chi connectivity index (χ4v) is 2.59. The van der Waals surface area contributed by atoms with Crippen LogP contribution in [-0.2, 0) is 9.53 Å². The van der Waals surface area contributed by atoms with E-state index >= 15 is 0 Å². The quantitative estimate of drug-likeness (QED) is 0.789. The third-order valence-corrected chi connectivity index (χ3v) is 3.73. The van der Waals surface area contributed by atoms with E-state index in [1.54, 1.807) is 25.1 Å². The molecule has 5 heteroatoms. The predicted octanol–water partition coefficient (Wildman–Crippen LogP) is 3.34.